The fourth-order valence-corrected chi connectivity index (χ4v) is 1.82. The number of aliphatic hydroxyl groups excluding tert-OH is 1. The molecule has 0 radical (unpaired) electrons. The molecule has 0 bridgehead atoms. The summed E-state index contributed by atoms with van der Waals surface area (Å²) in [6.07, 6.45) is 0.862. The second-order valence-electron chi connectivity index (χ2n) is 3.98. The van der Waals surface area contributed by atoms with Gasteiger partial charge in [0, 0.05) is 17.6 Å². The van der Waals surface area contributed by atoms with E-state index in [4.69, 9.17) is 11.6 Å². The van der Waals surface area contributed by atoms with Gasteiger partial charge in [-0.05, 0) is 30.7 Å². The molecule has 0 aliphatic rings. The number of hydrogen-bond acceptors (Lipinski definition) is 3. The zero-order valence-electron chi connectivity index (χ0n) is 9.77. The van der Waals surface area contributed by atoms with Crippen LogP contribution >= 0.6 is 11.6 Å². The Bertz CT molecular complexity index is 562. The molecule has 2 rings (SSSR count). The van der Waals surface area contributed by atoms with E-state index in [1.807, 2.05) is 0 Å². The molecule has 1 aromatic carbocycles. The minimum atomic E-state index is -0.859. The molecule has 5 heteroatoms. The first-order valence-corrected chi connectivity index (χ1v) is 5.85. The summed E-state index contributed by atoms with van der Waals surface area (Å²) in [5, 5.41) is 10.3. The van der Waals surface area contributed by atoms with Crippen molar-refractivity contribution in [3.8, 4) is 0 Å². The Hall–Kier alpha value is -1.52. The van der Waals surface area contributed by atoms with Gasteiger partial charge >= 0.3 is 0 Å². The van der Waals surface area contributed by atoms with Crippen LogP contribution in [0.15, 0.2) is 30.5 Å². The van der Waals surface area contributed by atoms with Crippen molar-refractivity contribution < 1.29 is 9.50 Å². The predicted octanol–water partition coefficient (Wildman–Crippen LogP) is 2.85. The van der Waals surface area contributed by atoms with E-state index >= 15 is 0 Å². The van der Waals surface area contributed by atoms with Crippen LogP contribution in [0.25, 0.3) is 0 Å². The Kier molecular flexibility index (Phi) is 3.89. The maximum atomic E-state index is 13.6. The molecule has 94 valence electrons. The summed E-state index contributed by atoms with van der Waals surface area (Å²) in [7, 11) is 0. The van der Waals surface area contributed by atoms with Gasteiger partial charge in [-0.2, -0.15) is 0 Å². The van der Waals surface area contributed by atoms with Crippen LogP contribution in [0, 0.1) is 12.7 Å². The Morgan fingerprint density at radius 2 is 2.17 bits per heavy atom. The smallest absolute Gasteiger partial charge is 0.127 e. The minimum absolute atomic E-state index is 0.152. The van der Waals surface area contributed by atoms with Crippen molar-refractivity contribution in [2.24, 2.45) is 0 Å². The molecule has 2 aromatic rings. The van der Waals surface area contributed by atoms with Crippen LogP contribution in [0.1, 0.15) is 23.2 Å². The first-order chi connectivity index (χ1) is 8.56. The van der Waals surface area contributed by atoms with E-state index in [-0.39, 0.29) is 6.42 Å². The average molecular weight is 267 g/mol. The fourth-order valence-electron chi connectivity index (χ4n) is 1.66. The molecule has 1 N–H and O–H groups in total. The van der Waals surface area contributed by atoms with Crippen molar-refractivity contribution >= 4 is 11.6 Å². The maximum absolute atomic E-state index is 13.6. The van der Waals surface area contributed by atoms with E-state index in [0.717, 1.165) is 0 Å². The highest BCUT2D eigenvalue weighted by molar-refractivity contribution is 6.30. The molecule has 1 heterocycles. The van der Waals surface area contributed by atoms with E-state index < -0.39 is 11.9 Å². The Morgan fingerprint density at radius 1 is 1.39 bits per heavy atom. The standard InChI is InChI=1S/C13H12ClFN2O/c1-8-16-5-4-12(17-8)13(18)6-9-2-3-10(14)7-11(9)15/h2-5,7,13,18H,6H2,1H3. The number of rotatable bonds is 3. The number of aliphatic hydroxyl groups is 1. The average Bonchev–Trinajstić information content (AvgIpc) is 2.32. The highest BCUT2D eigenvalue weighted by Gasteiger charge is 2.13. The largest absolute Gasteiger partial charge is 0.386 e. The lowest BCUT2D eigenvalue weighted by Gasteiger charge is -2.11. The normalized spacial score (nSPS) is 12.4. The third-order valence-corrected chi connectivity index (χ3v) is 2.80. The first-order valence-electron chi connectivity index (χ1n) is 5.48. The monoisotopic (exact) mass is 266 g/mol. The summed E-state index contributed by atoms with van der Waals surface area (Å²) in [4.78, 5) is 8.05. The summed E-state index contributed by atoms with van der Waals surface area (Å²) < 4.78 is 13.6. The van der Waals surface area contributed by atoms with Gasteiger partial charge in [0.25, 0.3) is 0 Å². The van der Waals surface area contributed by atoms with Gasteiger partial charge in [-0.1, -0.05) is 17.7 Å². The molecule has 0 saturated carbocycles. The Labute approximate surface area is 109 Å². The van der Waals surface area contributed by atoms with Crippen molar-refractivity contribution in [1.82, 2.24) is 9.97 Å². The predicted molar refractivity (Wildman–Crippen MR) is 66.8 cm³/mol. The molecule has 1 aromatic heterocycles. The van der Waals surface area contributed by atoms with E-state index in [0.29, 0.717) is 22.1 Å². The zero-order chi connectivity index (χ0) is 13.1. The van der Waals surface area contributed by atoms with Gasteiger partial charge < -0.3 is 5.11 Å². The van der Waals surface area contributed by atoms with Gasteiger partial charge in [0.2, 0.25) is 0 Å². The number of halogens is 2. The molecule has 0 amide bonds. The van der Waals surface area contributed by atoms with Gasteiger partial charge in [0.1, 0.15) is 17.7 Å². The van der Waals surface area contributed by atoms with Crippen molar-refractivity contribution in [1.29, 1.82) is 0 Å². The highest BCUT2D eigenvalue weighted by Crippen LogP contribution is 2.21. The summed E-state index contributed by atoms with van der Waals surface area (Å²) in [6, 6.07) is 6.01. The summed E-state index contributed by atoms with van der Waals surface area (Å²) in [6.45, 7) is 1.74. The minimum Gasteiger partial charge on any atom is -0.386 e. The summed E-state index contributed by atoms with van der Waals surface area (Å²) in [5.74, 6) is 0.149. The molecule has 0 aliphatic heterocycles. The van der Waals surface area contributed by atoms with Crippen molar-refractivity contribution in [3.63, 3.8) is 0 Å². The van der Waals surface area contributed by atoms with Crippen LogP contribution in [-0.4, -0.2) is 15.1 Å². The first kappa shape index (κ1) is 12.9. The van der Waals surface area contributed by atoms with E-state index in [9.17, 15) is 9.50 Å². The molecular weight excluding hydrogens is 255 g/mol. The third-order valence-electron chi connectivity index (χ3n) is 2.57. The van der Waals surface area contributed by atoms with Crippen LogP contribution in [0.5, 0.6) is 0 Å². The van der Waals surface area contributed by atoms with Gasteiger partial charge in [0.15, 0.2) is 0 Å². The van der Waals surface area contributed by atoms with Crippen LogP contribution < -0.4 is 0 Å². The fraction of sp³-hybridized carbons (Fsp3) is 0.231. The second-order valence-corrected chi connectivity index (χ2v) is 4.42. The lowest BCUT2D eigenvalue weighted by Crippen LogP contribution is -2.07. The van der Waals surface area contributed by atoms with Crippen LogP contribution in [0.4, 0.5) is 4.39 Å². The zero-order valence-corrected chi connectivity index (χ0v) is 10.5. The third kappa shape index (κ3) is 3.03. The summed E-state index contributed by atoms with van der Waals surface area (Å²) in [5.41, 5.74) is 0.889. The Balaban J connectivity index is 2.18. The van der Waals surface area contributed by atoms with Gasteiger partial charge in [-0.15, -0.1) is 0 Å². The number of hydrogen-bond donors (Lipinski definition) is 1. The second kappa shape index (κ2) is 5.42. The topological polar surface area (TPSA) is 46.0 Å². The molecule has 0 fully saturated rings. The SMILES string of the molecule is Cc1nccc(C(O)Cc2ccc(Cl)cc2F)n1. The number of aryl methyl sites for hydroxylation is 1. The van der Waals surface area contributed by atoms with Crippen molar-refractivity contribution in [2.75, 3.05) is 0 Å². The van der Waals surface area contributed by atoms with Crippen LogP contribution in [0.3, 0.4) is 0 Å². The van der Waals surface area contributed by atoms with Gasteiger partial charge in [0.05, 0.1) is 5.69 Å². The van der Waals surface area contributed by atoms with E-state index in [1.165, 1.54) is 6.07 Å². The van der Waals surface area contributed by atoms with Crippen LogP contribution in [0.2, 0.25) is 5.02 Å². The van der Waals surface area contributed by atoms with Gasteiger partial charge in [-0.25, -0.2) is 14.4 Å². The van der Waals surface area contributed by atoms with E-state index in [1.54, 1.807) is 31.3 Å². The number of benzene rings is 1. The molecule has 1 atom stereocenters. The lowest BCUT2D eigenvalue weighted by atomic mass is 10.1. The van der Waals surface area contributed by atoms with E-state index in [2.05, 4.69) is 9.97 Å². The molecule has 0 spiro atoms. The molecule has 1 unspecified atom stereocenters. The van der Waals surface area contributed by atoms with Crippen LogP contribution in [-0.2, 0) is 6.42 Å². The molecule has 3 nitrogen and oxygen atoms in total. The number of aromatic nitrogens is 2. The molecule has 0 saturated heterocycles. The maximum Gasteiger partial charge on any atom is 0.127 e. The highest BCUT2D eigenvalue weighted by atomic mass is 35.5. The van der Waals surface area contributed by atoms with Crippen molar-refractivity contribution in [2.45, 2.75) is 19.4 Å². The summed E-state index contributed by atoms with van der Waals surface area (Å²) >= 11 is 5.67. The van der Waals surface area contributed by atoms with Crippen molar-refractivity contribution in [3.05, 3.63) is 58.4 Å². The molecule has 18 heavy (non-hydrogen) atoms. The number of nitrogens with zero attached hydrogens (tertiary/aromatic N) is 2. The molecule has 0 aliphatic carbocycles. The Morgan fingerprint density at radius 3 is 2.83 bits per heavy atom. The lowest BCUT2D eigenvalue weighted by molar-refractivity contribution is 0.172. The quantitative estimate of drug-likeness (QED) is 0.929. The molecular formula is C13H12ClFN2O. The van der Waals surface area contributed by atoms with Gasteiger partial charge in [-0.3, -0.25) is 0 Å².